The Morgan fingerprint density at radius 1 is 1.21 bits per heavy atom. The quantitative estimate of drug-likeness (QED) is 0.813. The van der Waals surface area contributed by atoms with Crippen molar-refractivity contribution in [3.8, 4) is 5.75 Å². The minimum Gasteiger partial charge on any atom is -0.497 e. The number of hydrogen-bond acceptors (Lipinski definition) is 4. The summed E-state index contributed by atoms with van der Waals surface area (Å²) < 4.78 is 5.22. The van der Waals surface area contributed by atoms with Crippen LogP contribution < -0.4 is 4.74 Å². The Bertz CT molecular complexity index is 576. The van der Waals surface area contributed by atoms with E-state index in [1.165, 1.54) is 0 Å². The van der Waals surface area contributed by atoms with Crippen LogP contribution in [0.2, 0.25) is 0 Å². The Morgan fingerprint density at radius 2 is 2.00 bits per heavy atom. The lowest BCUT2D eigenvalue weighted by atomic mass is 10.2. The van der Waals surface area contributed by atoms with Crippen molar-refractivity contribution in [1.29, 1.82) is 0 Å². The van der Waals surface area contributed by atoms with Gasteiger partial charge in [-0.05, 0) is 24.1 Å². The molecule has 0 radical (unpaired) electrons. The van der Waals surface area contributed by atoms with Gasteiger partial charge in [-0.2, -0.15) is 0 Å². The van der Waals surface area contributed by atoms with E-state index in [2.05, 4.69) is 4.90 Å². The van der Waals surface area contributed by atoms with E-state index in [9.17, 15) is 9.59 Å². The van der Waals surface area contributed by atoms with Crippen LogP contribution >= 0.6 is 0 Å². The second kappa shape index (κ2) is 8.68. The van der Waals surface area contributed by atoms with Crippen LogP contribution in [0, 0.1) is 0 Å². The van der Waals surface area contributed by atoms with Crippen LogP contribution in [-0.4, -0.2) is 73.4 Å². The highest BCUT2D eigenvalue weighted by Crippen LogP contribution is 2.14. The normalized spacial score (nSPS) is 15.7. The third-order valence-corrected chi connectivity index (χ3v) is 4.37. The molecule has 6 heteroatoms. The predicted molar refractivity (Wildman–Crippen MR) is 92.8 cm³/mol. The van der Waals surface area contributed by atoms with E-state index >= 15 is 0 Å². The van der Waals surface area contributed by atoms with Crippen molar-refractivity contribution < 1.29 is 14.3 Å². The van der Waals surface area contributed by atoms with Crippen LogP contribution in [0.5, 0.6) is 5.75 Å². The SMILES string of the molecule is COc1cccc(CN(C)C(=O)CN2CCCN(C(C)=O)CC2)c1. The summed E-state index contributed by atoms with van der Waals surface area (Å²) in [5.41, 5.74) is 1.05. The largest absolute Gasteiger partial charge is 0.497 e. The smallest absolute Gasteiger partial charge is 0.236 e. The number of ether oxygens (including phenoxy) is 1. The van der Waals surface area contributed by atoms with Crippen molar-refractivity contribution in [3.63, 3.8) is 0 Å². The molecule has 0 aliphatic carbocycles. The summed E-state index contributed by atoms with van der Waals surface area (Å²) in [6, 6.07) is 7.75. The first-order valence-electron chi connectivity index (χ1n) is 8.34. The number of likely N-dealkylation sites (N-methyl/N-ethyl adjacent to an activating group) is 1. The Kier molecular flexibility index (Phi) is 6.61. The Hall–Kier alpha value is -2.08. The molecular weight excluding hydrogens is 306 g/mol. The van der Waals surface area contributed by atoms with Gasteiger partial charge in [0.25, 0.3) is 0 Å². The molecular formula is C18H27N3O3. The molecule has 1 aromatic carbocycles. The summed E-state index contributed by atoms with van der Waals surface area (Å²) >= 11 is 0. The molecule has 1 fully saturated rings. The van der Waals surface area contributed by atoms with Gasteiger partial charge in [0.15, 0.2) is 0 Å². The van der Waals surface area contributed by atoms with Crippen molar-refractivity contribution in [2.45, 2.75) is 19.9 Å². The maximum atomic E-state index is 12.5. The number of nitrogens with zero attached hydrogens (tertiary/aromatic N) is 3. The van der Waals surface area contributed by atoms with E-state index < -0.39 is 0 Å². The number of carbonyl (C=O) groups is 2. The molecule has 24 heavy (non-hydrogen) atoms. The van der Waals surface area contributed by atoms with Crippen molar-refractivity contribution >= 4 is 11.8 Å². The van der Waals surface area contributed by atoms with Crippen LogP contribution in [0.15, 0.2) is 24.3 Å². The molecule has 1 aromatic rings. The molecule has 0 aromatic heterocycles. The van der Waals surface area contributed by atoms with Gasteiger partial charge in [0.05, 0.1) is 13.7 Å². The summed E-state index contributed by atoms with van der Waals surface area (Å²) in [6.07, 6.45) is 0.909. The fraction of sp³-hybridized carbons (Fsp3) is 0.556. The first-order chi connectivity index (χ1) is 11.5. The van der Waals surface area contributed by atoms with Gasteiger partial charge in [0.1, 0.15) is 5.75 Å². The molecule has 0 atom stereocenters. The number of hydrogen-bond donors (Lipinski definition) is 0. The summed E-state index contributed by atoms with van der Waals surface area (Å²) in [5.74, 6) is 0.998. The molecule has 1 heterocycles. The highest BCUT2D eigenvalue weighted by atomic mass is 16.5. The van der Waals surface area contributed by atoms with Crippen LogP contribution in [-0.2, 0) is 16.1 Å². The number of amides is 2. The number of methoxy groups -OCH3 is 1. The molecule has 1 aliphatic heterocycles. The topological polar surface area (TPSA) is 53.1 Å². The monoisotopic (exact) mass is 333 g/mol. The lowest BCUT2D eigenvalue weighted by Crippen LogP contribution is -2.40. The van der Waals surface area contributed by atoms with Gasteiger partial charge in [-0.3, -0.25) is 14.5 Å². The predicted octanol–water partition coefficient (Wildman–Crippen LogP) is 1.21. The molecule has 1 saturated heterocycles. The standard InChI is InChI=1S/C18H27N3O3/c1-15(22)21-9-5-8-20(10-11-21)14-18(23)19(2)13-16-6-4-7-17(12-16)24-3/h4,6-7,12H,5,8-11,13-14H2,1-3H3. The molecule has 1 aliphatic rings. The highest BCUT2D eigenvalue weighted by Gasteiger charge is 2.20. The highest BCUT2D eigenvalue weighted by molar-refractivity contribution is 5.78. The van der Waals surface area contributed by atoms with E-state index in [0.29, 0.717) is 19.6 Å². The van der Waals surface area contributed by atoms with E-state index in [4.69, 9.17) is 4.74 Å². The lowest BCUT2D eigenvalue weighted by molar-refractivity contribution is -0.131. The fourth-order valence-electron chi connectivity index (χ4n) is 2.89. The Labute approximate surface area is 144 Å². The van der Waals surface area contributed by atoms with Gasteiger partial charge >= 0.3 is 0 Å². The average molecular weight is 333 g/mol. The fourth-order valence-corrected chi connectivity index (χ4v) is 2.89. The number of benzene rings is 1. The zero-order valence-electron chi connectivity index (χ0n) is 14.8. The molecule has 0 unspecified atom stereocenters. The molecule has 0 saturated carbocycles. The molecule has 6 nitrogen and oxygen atoms in total. The Balaban J connectivity index is 1.85. The van der Waals surface area contributed by atoms with Crippen molar-refractivity contribution in [2.24, 2.45) is 0 Å². The van der Waals surface area contributed by atoms with Gasteiger partial charge < -0.3 is 14.5 Å². The summed E-state index contributed by atoms with van der Waals surface area (Å²) in [4.78, 5) is 29.7. The maximum absolute atomic E-state index is 12.5. The third kappa shape index (κ3) is 5.23. The third-order valence-electron chi connectivity index (χ3n) is 4.37. The van der Waals surface area contributed by atoms with Gasteiger partial charge in [-0.15, -0.1) is 0 Å². The van der Waals surface area contributed by atoms with E-state index in [1.807, 2.05) is 36.2 Å². The second-order valence-electron chi connectivity index (χ2n) is 6.24. The molecule has 0 N–H and O–H groups in total. The zero-order valence-corrected chi connectivity index (χ0v) is 14.8. The lowest BCUT2D eigenvalue weighted by Gasteiger charge is -2.24. The summed E-state index contributed by atoms with van der Waals surface area (Å²) in [6.45, 7) is 5.63. The molecule has 0 spiro atoms. The molecule has 132 valence electrons. The van der Waals surface area contributed by atoms with Crippen molar-refractivity contribution in [3.05, 3.63) is 29.8 Å². The van der Waals surface area contributed by atoms with E-state index in [-0.39, 0.29) is 11.8 Å². The average Bonchev–Trinajstić information content (AvgIpc) is 2.80. The van der Waals surface area contributed by atoms with Crippen LogP contribution in [0.1, 0.15) is 18.9 Å². The minimum atomic E-state index is 0.0918. The second-order valence-corrected chi connectivity index (χ2v) is 6.24. The number of rotatable bonds is 5. The van der Waals surface area contributed by atoms with Gasteiger partial charge in [-0.25, -0.2) is 0 Å². The van der Waals surface area contributed by atoms with Gasteiger partial charge in [-0.1, -0.05) is 12.1 Å². The van der Waals surface area contributed by atoms with E-state index in [1.54, 1.807) is 18.9 Å². The van der Waals surface area contributed by atoms with Crippen LogP contribution in [0.25, 0.3) is 0 Å². The first-order valence-corrected chi connectivity index (χ1v) is 8.34. The summed E-state index contributed by atoms with van der Waals surface area (Å²) in [7, 11) is 3.46. The van der Waals surface area contributed by atoms with Crippen LogP contribution in [0.4, 0.5) is 0 Å². The van der Waals surface area contributed by atoms with Gasteiger partial charge in [0.2, 0.25) is 11.8 Å². The van der Waals surface area contributed by atoms with Crippen LogP contribution in [0.3, 0.4) is 0 Å². The van der Waals surface area contributed by atoms with E-state index in [0.717, 1.165) is 37.4 Å². The molecule has 2 amide bonds. The minimum absolute atomic E-state index is 0.0918. The van der Waals surface area contributed by atoms with Crippen molar-refractivity contribution in [1.82, 2.24) is 14.7 Å². The summed E-state index contributed by atoms with van der Waals surface area (Å²) in [5, 5.41) is 0. The molecule has 0 bridgehead atoms. The number of carbonyl (C=O) groups excluding carboxylic acids is 2. The first kappa shape index (κ1) is 18.3. The zero-order chi connectivity index (χ0) is 17.5. The maximum Gasteiger partial charge on any atom is 0.236 e. The van der Waals surface area contributed by atoms with Gasteiger partial charge in [0, 0.05) is 46.7 Å². The van der Waals surface area contributed by atoms with Crippen molar-refractivity contribution in [2.75, 3.05) is 46.9 Å². The Morgan fingerprint density at radius 3 is 2.71 bits per heavy atom. The molecule has 2 rings (SSSR count).